The number of aromatic nitrogens is 1. The van der Waals surface area contributed by atoms with Crippen LogP contribution in [-0.4, -0.2) is 24.2 Å². The number of anilines is 1. The summed E-state index contributed by atoms with van der Waals surface area (Å²) in [7, 11) is 1.59. The summed E-state index contributed by atoms with van der Waals surface area (Å²) in [6.07, 6.45) is 3.25. The average molecular weight is 267 g/mol. The lowest BCUT2D eigenvalue weighted by Gasteiger charge is -2.14. The number of hydrogen-bond acceptors (Lipinski definition) is 4. The van der Waals surface area contributed by atoms with Crippen LogP contribution in [0.3, 0.4) is 0 Å². The average Bonchev–Trinajstić information content (AvgIpc) is 2.89. The Morgan fingerprint density at radius 3 is 2.70 bits per heavy atom. The Morgan fingerprint density at radius 1 is 1.15 bits per heavy atom. The molecule has 0 saturated heterocycles. The van der Waals surface area contributed by atoms with Crippen LogP contribution in [0.25, 0.3) is 0 Å². The summed E-state index contributed by atoms with van der Waals surface area (Å²) in [6, 6.07) is 12.8. The molecule has 0 fully saturated rings. The van der Waals surface area contributed by atoms with Crippen molar-refractivity contribution in [2.24, 2.45) is 5.10 Å². The molecule has 0 radical (unpaired) electrons. The minimum Gasteiger partial charge on any atom is -0.496 e. The molecule has 0 bridgehead atoms. The molecule has 2 heterocycles. The summed E-state index contributed by atoms with van der Waals surface area (Å²) >= 11 is 0. The van der Waals surface area contributed by atoms with E-state index < -0.39 is 5.92 Å². The fourth-order valence-corrected chi connectivity index (χ4v) is 2.17. The quantitative estimate of drug-likeness (QED) is 0.856. The van der Waals surface area contributed by atoms with Crippen molar-refractivity contribution in [2.45, 2.75) is 5.92 Å². The number of amides is 1. The Hall–Kier alpha value is -2.69. The number of methoxy groups -OCH3 is 1. The van der Waals surface area contributed by atoms with Gasteiger partial charge in [0.1, 0.15) is 11.7 Å². The lowest BCUT2D eigenvalue weighted by atomic mass is 9.99. The van der Waals surface area contributed by atoms with Crippen LogP contribution in [0, 0.1) is 0 Å². The second kappa shape index (κ2) is 5.13. The first kappa shape index (κ1) is 12.3. The summed E-state index contributed by atoms with van der Waals surface area (Å²) in [6.45, 7) is 0. The molecule has 100 valence electrons. The summed E-state index contributed by atoms with van der Waals surface area (Å²) in [4.78, 5) is 16.6. The number of hydrazone groups is 1. The Morgan fingerprint density at radius 2 is 1.95 bits per heavy atom. The molecule has 0 aliphatic carbocycles. The lowest BCUT2D eigenvalue weighted by Crippen LogP contribution is -2.25. The number of carbonyl (C=O) groups is 1. The van der Waals surface area contributed by atoms with Crippen LogP contribution in [0.15, 0.2) is 53.8 Å². The van der Waals surface area contributed by atoms with Gasteiger partial charge in [-0.1, -0.05) is 24.3 Å². The van der Waals surface area contributed by atoms with Gasteiger partial charge in [0, 0.05) is 18.0 Å². The van der Waals surface area contributed by atoms with Gasteiger partial charge in [0.2, 0.25) is 0 Å². The third kappa shape index (κ3) is 2.03. The summed E-state index contributed by atoms with van der Waals surface area (Å²) in [5.41, 5.74) is 0.808. The smallest absolute Gasteiger partial charge is 0.261 e. The predicted molar refractivity (Wildman–Crippen MR) is 76.0 cm³/mol. The van der Waals surface area contributed by atoms with Crippen LogP contribution in [0.1, 0.15) is 11.5 Å². The number of para-hydroxylation sites is 1. The van der Waals surface area contributed by atoms with Crippen molar-refractivity contribution < 1.29 is 9.53 Å². The molecule has 1 aromatic heterocycles. The first-order valence-corrected chi connectivity index (χ1v) is 6.23. The van der Waals surface area contributed by atoms with Gasteiger partial charge in [-0.05, 0) is 18.2 Å². The van der Waals surface area contributed by atoms with Gasteiger partial charge in [-0.3, -0.25) is 4.79 Å². The molecule has 1 aliphatic rings. The highest BCUT2D eigenvalue weighted by molar-refractivity contribution is 6.12. The van der Waals surface area contributed by atoms with Crippen LogP contribution in [0.2, 0.25) is 0 Å². The van der Waals surface area contributed by atoms with Crippen LogP contribution < -0.4 is 9.75 Å². The maximum Gasteiger partial charge on any atom is 0.261 e. The molecule has 0 saturated carbocycles. The van der Waals surface area contributed by atoms with Crippen molar-refractivity contribution in [2.75, 3.05) is 12.1 Å². The number of nitrogens with zero attached hydrogens (tertiary/aromatic N) is 3. The number of hydrogen-bond donors (Lipinski definition) is 0. The molecule has 1 unspecified atom stereocenters. The van der Waals surface area contributed by atoms with Crippen LogP contribution in [0.4, 0.5) is 5.82 Å². The molecule has 0 spiro atoms. The van der Waals surface area contributed by atoms with E-state index in [4.69, 9.17) is 4.74 Å². The maximum atomic E-state index is 12.5. The van der Waals surface area contributed by atoms with E-state index in [2.05, 4.69) is 10.1 Å². The SMILES string of the molecule is COc1ccccc1C1C=NN(c2ccccn2)C1=O. The van der Waals surface area contributed by atoms with Crippen molar-refractivity contribution in [1.82, 2.24) is 4.98 Å². The van der Waals surface area contributed by atoms with Crippen LogP contribution in [-0.2, 0) is 4.79 Å². The van der Waals surface area contributed by atoms with E-state index in [0.717, 1.165) is 5.56 Å². The number of pyridine rings is 1. The molecule has 3 rings (SSSR count). The Balaban J connectivity index is 1.92. The maximum absolute atomic E-state index is 12.5. The van der Waals surface area contributed by atoms with Gasteiger partial charge in [0.05, 0.1) is 7.11 Å². The van der Waals surface area contributed by atoms with Crippen molar-refractivity contribution in [3.05, 3.63) is 54.2 Å². The highest BCUT2D eigenvalue weighted by Crippen LogP contribution is 2.31. The third-order valence-electron chi connectivity index (χ3n) is 3.15. The standard InChI is InChI=1S/C15H13N3O2/c1-20-13-7-3-2-6-11(13)12-10-17-18(15(12)19)14-8-4-5-9-16-14/h2-10,12H,1H3. The minimum atomic E-state index is -0.437. The minimum absolute atomic E-state index is 0.131. The monoisotopic (exact) mass is 267 g/mol. The first-order chi connectivity index (χ1) is 9.81. The topological polar surface area (TPSA) is 54.8 Å². The van der Waals surface area contributed by atoms with Crippen molar-refractivity contribution in [3.63, 3.8) is 0 Å². The molecule has 5 nitrogen and oxygen atoms in total. The molecule has 20 heavy (non-hydrogen) atoms. The van der Waals surface area contributed by atoms with E-state index in [1.54, 1.807) is 31.7 Å². The fourth-order valence-electron chi connectivity index (χ4n) is 2.17. The Labute approximate surface area is 116 Å². The molecular formula is C15H13N3O2. The summed E-state index contributed by atoms with van der Waals surface area (Å²) < 4.78 is 5.30. The van der Waals surface area contributed by atoms with Crippen molar-refractivity contribution >= 4 is 17.9 Å². The normalized spacial score (nSPS) is 17.6. The van der Waals surface area contributed by atoms with E-state index in [-0.39, 0.29) is 5.91 Å². The van der Waals surface area contributed by atoms with Gasteiger partial charge in [0.15, 0.2) is 5.82 Å². The molecule has 5 heteroatoms. The zero-order valence-electron chi connectivity index (χ0n) is 10.9. The zero-order chi connectivity index (χ0) is 13.9. The van der Waals surface area contributed by atoms with Crippen LogP contribution >= 0.6 is 0 Å². The van der Waals surface area contributed by atoms with Gasteiger partial charge in [0.25, 0.3) is 5.91 Å². The second-order valence-electron chi connectivity index (χ2n) is 4.32. The molecular weight excluding hydrogens is 254 g/mol. The molecule has 0 N–H and O–H groups in total. The Bertz CT molecular complexity index is 655. The molecule has 1 atom stereocenters. The highest BCUT2D eigenvalue weighted by Gasteiger charge is 2.33. The zero-order valence-corrected chi connectivity index (χ0v) is 10.9. The number of carbonyl (C=O) groups excluding carboxylic acids is 1. The predicted octanol–water partition coefficient (Wildman–Crippen LogP) is 2.21. The molecule has 2 aromatic rings. The van der Waals surface area contributed by atoms with E-state index in [1.165, 1.54) is 5.01 Å². The van der Waals surface area contributed by atoms with Gasteiger partial charge in [-0.15, -0.1) is 0 Å². The van der Waals surface area contributed by atoms with E-state index in [1.807, 2.05) is 30.3 Å². The van der Waals surface area contributed by atoms with Gasteiger partial charge < -0.3 is 4.74 Å². The summed E-state index contributed by atoms with van der Waals surface area (Å²) in [5, 5.41) is 5.48. The second-order valence-corrected chi connectivity index (χ2v) is 4.32. The van der Waals surface area contributed by atoms with E-state index >= 15 is 0 Å². The summed E-state index contributed by atoms with van der Waals surface area (Å²) in [5.74, 6) is 0.632. The van der Waals surface area contributed by atoms with Gasteiger partial charge in [-0.2, -0.15) is 10.1 Å². The number of benzene rings is 1. The van der Waals surface area contributed by atoms with Crippen LogP contribution in [0.5, 0.6) is 5.75 Å². The molecule has 1 amide bonds. The number of rotatable bonds is 3. The largest absolute Gasteiger partial charge is 0.496 e. The molecule has 1 aromatic carbocycles. The van der Waals surface area contributed by atoms with E-state index in [0.29, 0.717) is 11.6 Å². The molecule has 1 aliphatic heterocycles. The van der Waals surface area contributed by atoms with Gasteiger partial charge in [-0.25, -0.2) is 4.98 Å². The fraction of sp³-hybridized carbons (Fsp3) is 0.133. The first-order valence-electron chi connectivity index (χ1n) is 6.23. The third-order valence-corrected chi connectivity index (χ3v) is 3.15. The van der Waals surface area contributed by atoms with Crippen molar-refractivity contribution in [3.8, 4) is 5.75 Å². The van der Waals surface area contributed by atoms with E-state index in [9.17, 15) is 4.79 Å². The van der Waals surface area contributed by atoms with Gasteiger partial charge >= 0.3 is 0 Å². The lowest BCUT2D eigenvalue weighted by molar-refractivity contribution is -0.118. The highest BCUT2D eigenvalue weighted by atomic mass is 16.5. The Kier molecular flexibility index (Phi) is 3.16. The number of ether oxygens (including phenoxy) is 1. The van der Waals surface area contributed by atoms with Crippen molar-refractivity contribution in [1.29, 1.82) is 0 Å².